The first-order chi connectivity index (χ1) is 20.7. The largest absolute Gasteiger partial charge is 0.402 e. The van der Waals surface area contributed by atoms with Crippen molar-refractivity contribution in [3.8, 4) is 0 Å². The number of hydrogen-bond acceptors (Lipinski definition) is 7. The Morgan fingerprint density at radius 3 is 2.42 bits per heavy atom. The van der Waals surface area contributed by atoms with Crippen LogP contribution in [-0.4, -0.2) is 85.4 Å². The fourth-order valence-corrected chi connectivity index (χ4v) is 9.04. The van der Waals surface area contributed by atoms with E-state index in [0.29, 0.717) is 27.5 Å². The Bertz CT molecular complexity index is 1130. The predicted octanol–water partition coefficient (Wildman–Crippen LogP) is 5.50. The van der Waals surface area contributed by atoms with Gasteiger partial charge in [0.05, 0.1) is 5.66 Å². The van der Waals surface area contributed by atoms with Crippen LogP contribution in [-0.2, 0) is 0 Å². The number of allylic oxidation sites excluding steroid dienone is 2. The lowest BCUT2D eigenvalue weighted by molar-refractivity contribution is 0.0982. The van der Waals surface area contributed by atoms with E-state index in [0.717, 1.165) is 62.0 Å². The molecule has 1 aromatic rings. The number of piperazine rings is 1. The van der Waals surface area contributed by atoms with E-state index < -0.39 is 5.41 Å². The van der Waals surface area contributed by atoms with Gasteiger partial charge in [-0.05, 0) is 94.4 Å². The number of nitrogens with one attached hydrogen (secondary N) is 3. The molecule has 0 bridgehead atoms. The second kappa shape index (κ2) is 14.7. The fraction of sp³-hybridized carbons (Fsp3) is 0.697. The average Bonchev–Trinajstić information content (AvgIpc) is 2.99. The molecule has 3 aliphatic heterocycles. The van der Waals surface area contributed by atoms with Crippen LogP contribution < -0.4 is 26.6 Å². The van der Waals surface area contributed by atoms with E-state index in [-0.39, 0.29) is 11.8 Å². The highest BCUT2D eigenvalue weighted by atomic mass is 31.1. The summed E-state index contributed by atoms with van der Waals surface area (Å²) in [7, 11) is 5.25. The molecule has 3 heterocycles. The highest BCUT2D eigenvalue weighted by Crippen LogP contribution is 2.43. The van der Waals surface area contributed by atoms with E-state index in [1.807, 2.05) is 0 Å². The summed E-state index contributed by atoms with van der Waals surface area (Å²) in [5.74, 6) is 1.12. The van der Waals surface area contributed by atoms with Gasteiger partial charge in [-0.1, -0.05) is 37.7 Å². The molecule has 7 nitrogen and oxygen atoms in total. The van der Waals surface area contributed by atoms with Crippen molar-refractivity contribution in [2.75, 3.05) is 56.5 Å². The first-order valence-electron chi connectivity index (χ1n) is 16.7. The van der Waals surface area contributed by atoms with Crippen molar-refractivity contribution in [2.45, 2.75) is 101 Å². The van der Waals surface area contributed by atoms with Gasteiger partial charge in [0.25, 0.3) is 0 Å². The molecule has 4 aliphatic rings. The third kappa shape index (κ3) is 8.37. The summed E-state index contributed by atoms with van der Waals surface area (Å²) in [6.45, 7) is 13.7. The molecular formula is C33H56FN7P2. The van der Waals surface area contributed by atoms with Crippen LogP contribution in [0.25, 0.3) is 0 Å². The Morgan fingerprint density at radius 2 is 1.79 bits per heavy atom. The maximum Gasteiger partial charge on any atom is 0.124 e. The number of rotatable bonds is 9. The molecule has 10 heteroatoms. The van der Waals surface area contributed by atoms with Crippen LogP contribution in [0.5, 0.6) is 0 Å². The van der Waals surface area contributed by atoms with Gasteiger partial charge >= 0.3 is 0 Å². The van der Waals surface area contributed by atoms with Crippen LogP contribution in [0.2, 0.25) is 0 Å². The first kappa shape index (κ1) is 32.8. The zero-order valence-corrected chi connectivity index (χ0v) is 29.0. The molecule has 4 unspecified atom stereocenters. The van der Waals surface area contributed by atoms with Crippen molar-refractivity contribution in [1.82, 2.24) is 20.4 Å². The van der Waals surface area contributed by atoms with Gasteiger partial charge in [0.15, 0.2) is 0 Å². The van der Waals surface area contributed by atoms with Crippen LogP contribution in [0, 0.1) is 6.92 Å². The number of nitrogens with zero attached hydrogens (tertiary/aromatic N) is 3. The maximum absolute atomic E-state index is 14.4. The van der Waals surface area contributed by atoms with Gasteiger partial charge < -0.3 is 31.5 Å². The summed E-state index contributed by atoms with van der Waals surface area (Å²) < 4.78 is 14.4. The van der Waals surface area contributed by atoms with Crippen LogP contribution in [0.1, 0.15) is 70.8 Å². The number of nitrogens with two attached hydrogens (primary N) is 1. The molecule has 240 valence electrons. The van der Waals surface area contributed by atoms with E-state index in [2.05, 4.69) is 92.0 Å². The summed E-state index contributed by atoms with van der Waals surface area (Å²) in [4.78, 5) is 7.75. The predicted molar refractivity (Wildman–Crippen MR) is 187 cm³/mol. The number of benzene rings is 1. The van der Waals surface area contributed by atoms with Gasteiger partial charge in [0.1, 0.15) is 17.4 Å². The monoisotopic (exact) mass is 631 g/mol. The molecule has 3 fully saturated rings. The van der Waals surface area contributed by atoms with Crippen LogP contribution >= 0.6 is 17.8 Å². The number of piperidine rings is 1. The Hall–Kier alpha value is -1.59. The molecule has 1 saturated carbocycles. The molecule has 2 saturated heterocycles. The van der Waals surface area contributed by atoms with Crippen molar-refractivity contribution in [3.05, 3.63) is 46.7 Å². The summed E-state index contributed by atoms with van der Waals surface area (Å²) in [6.07, 6.45) is 9.39. The second-order valence-corrected chi connectivity index (χ2v) is 15.8. The Morgan fingerprint density at radius 1 is 1.09 bits per heavy atom. The van der Waals surface area contributed by atoms with Crippen molar-refractivity contribution in [2.24, 2.45) is 5.73 Å². The molecule has 5 rings (SSSR count). The van der Waals surface area contributed by atoms with E-state index in [1.54, 1.807) is 0 Å². The Labute approximate surface area is 264 Å². The number of aryl methyl sites for hydroxylation is 1. The van der Waals surface area contributed by atoms with E-state index in [1.165, 1.54) is 55.6 Å². The van der Waals surface area contributed by atoms with Gasteiger partial charge in [-0.3, -0.25) is 4.90 Å². The SMILES string of the molecule is CC/C=C(\N)C1PC(CC)=C(NC2CCC(F)(P)CC2)NC1Nc1ccc(N2CCC(N3CCN(C)CC3)CC2)c(C)c1. The van der Waals surface area contributed by atoms with E-state index in [4.69, 9.17) is 5.73 Å². The van der Waals surface area contributed by atoms with Crippen molar-refractivity contribution in [1.29, 1.82) is 0 Å². The molecule has 0 radical (unpaired) electrons. The van der Waals surface area contributed by atoms with Gasteiger partial charge in [0.2, 0.25) is 0 Å². The molecule has 1 aliphatic carbocycles. The third-order valence-electron chi connectivity index (χ3n) is 9.96. The highest BCUT2D eigenvalue weighted by molar-refractivity contribution is 7.44. The minimum absolute atomic E-state index is 0.0193. The normalized spacial score (nSPS) is 30.9. The molecule has 0 aromatic heterocycles. The first-order valence-corrected chi connectivity index (χ1v) is 18.3. The van der Waals surface area contributed by atoms with E-state index in [9.17, 15) is 4.39 Å². The lowest BCUT2D eigenvalue weighted by Gasteiger charge is -2.43. The number of halogens is 1. The second-order valence-electron chi connectivity index (χ2n) is 13.2. The standard InChI is InChI=1S/C33H56FN7P2/c1-5-7-27(35)30-32(38-31(29(6-2)43-30)36-24-10-14-33(34,42)15-11-24)37-25-8-9-28(23(3)22-25)41-16-12-26(13-17-41)40-20-18-39(4)19-21-40/h7-9,22,24,26,30,32,36-38,43H,5-6,10-21,35,42H2,1-4H3/b27-7-. The molecule has 5 N–H and O–H groups in total. The van der Waals surface area contributed by atoms with Crippen LogP contribution in [0.3, 0.4) is 0 Å². The van der Waals surface area contributed by atoms with Crippen molar-refractivity contribution >= 4 is 29.2 Å². The fourth-order valence-electron chi connectivity index (χ4n) is 7.22. The minimum atomic E-state index is -1.11. The van der Waals surface area contributed by atoms with Gasteiger partial charge in [-0.15, -0.1) is 0 Å². The smallest absolute Gasteiger partial charge is 0.124 e. The van der Waals surface area contributed by atoms with Gasteiger partial charge in [-0.2, -0.15) is 0 Å². The summed E-state index contributed by atoms with van der Waals surface area (Å²) in [5, 5.41) is 11.7. The van der Waals surface area contributed by atoms with E-state index >= 15 is 0 Å². The van der Waals surface area contributed by atoms with Gasteiger partial charge in [0, 0.05) is 68.4 Å². The summed E-state index contributed by atoms with van der Waals surface area (Å²) >= 11 is 0. The zero-order chi connectivity index (χ0) is 30.6. The maximum atomic E-state index is 14.4. The minimum Gasteiger partial charge on any atom is -0.402 e. The highest BCUT2D eigenvalue weighted by Gasteiger charge is 2.35. The Balaban J connectivity index is 1.25. The van der Waals surface area contributed by atoms with Crippen LogP contribution in [0.15, 0.2) is 41.1 Å². The zero-order valence-electron chi connectivity index (χ0n) is 26.9. The van der Waals surface area contributed by atoms with Gasteiger partial charge in [-0.25, -0.2) is 4.39 Å². The molecule has 0 spiro atoms. The molecule has 0 amide bonds. The molecular weight excluding hydrogens is 575 g/mol. The lowest BCUT2D eigenvalue weighted by Crippen LogP contribution is -2.52. The molecule has 4 atom stereocenters. The number of alkyl halides is 1. The molecule has 1 aromatic carbocycles. The lowest BCUT2D eigenvalue weighted by atomic mass is 9.93. The average molecular weight is 632 g/mol. The molecule has 43 heavy (non-hydrogen) atoms. The summed E-state index contributed by atoms with van der Waals surface area (Å²) in [6, 6.07) is 7.86. The Kier molecular flexibility index (Phi) is 11.2. The number of hydrogen-bond donors (Lipinski definition) is 4. The number of likely N-dealkylation sites (N-methyl/N-ethyl adjacent to an activating group) is 1. The van der Waals surface area contributed by atoms with Crippen molar-refractivity contribution < 1.29 is 4.39 Å². The topological polar surface area (TPSA) is 71.8 Å². The summed E-state index contributed by atoms with van der Waals surface area (Å²) in [5.41, 5.74) is 11.6. The van der Waals surface area contributed by atoms with Crippen molar-refractivity contribution in [3.63, 3.8) is 0 Å². The van der Waals surface area contributed by atoms with Crippen LogP contribution in [0.4, 0.5) is 15.8 Å². The number of anilines is 2. The third-order valence-corrected chi connectivity index (χ3v) is 12.5. The quantitative estimate of drug-likeness (QED) is 0.268.